The second kappa shape index (κ2) is 8.28. The fraction of sp³-hybridized carbons (Fsp3) is 0.261. The number of carbonyl (C=O) groups is 1. The highest BCUT2D eigenvalue weighted by atomic mass is 32.1. The quantitative estimate of drug-likeness (QED) is 0.406. The largest absolute Gasteiger partial charge is 0.493 e. The first-order valence-corrected chi connectivity index (χ1v) is 11.7. The molecule has 2 aromatic heterocycles. The van der Waals surface area contributed by atoms with Gasteiger partial charge in [-0.15, -0.1) is 22.7 Å². The Kier molecular flexibility index (Phi) is 5.33. The van der Waals surface area contributed by atoms with Crippen molar-refractivity contribution in [2.45, 2.75) is 18.9 Å². The predicted molar refractivity (Wildman–Crippen MR) is 123 cm³/mol. The zero-order chi connectivity index (χ0) is 21.4. The number of hydrogen-bond donors (Lipinski definition) is 0. The monoisotopic (exact) mass is 451 g/mol. The van der Waals surface area contributed by atoms with Gasteiger partial charge in [0.05, 0.1) is 30.5 Å². The predicted octanol–water partition coefficient (Wildman–Crippen LogP) is 5.41. The molecule has 31 heavy (non-hydrogen) atoms. The molecule has 0 bridgehead atoms. The van der Waals surface area contributed by atoms with Gasteiger partial charge in [0.1, 0.15) is 15.7 Å². The lowest BCUT2D eigenvalue weighted by Crippen LogP contribution is -2.30. The summed E-state index contributed by atoms with van der Waals surface area (Å²) in [4.78, 5) is 24.7. The molecule has 0 aliphatic carbocycles. The van der Waals surface area contributed by atoms with E-state index in [4.69, 9.17) is 14.5 Å². The Labute approximate surface area is 188 Å². The van der Waals surface area contributed by atoms with Crippen LogP contribution in [0, 0.1) is 0 Å². The first-order valence-electron chi connectivity index (χ1n) is 10.0. The second-order valence-corrected chi connectivity index (χ2v) is 9.20. The van der Waals surface area contributed by atoms with Crippen molar-refractivity contribution < 1.29 is 14.3 Å². The van der Waals surface area contributed by atoms with E-state index < -0.39 is 0 Å². The van der Waals surface area contributed by atoms with E-state index in [-0.39, 0.29) is 11.9 Å². The van der Waals surface area contributed by atoms with Crippen LogP contribution in [0.4, 0.5) is 0 Å². The van der Waals surface area contributed by atoms with Crippen LogP contribution in [0.5, 0.6) is 11.5 Å². The molecule has 8 heteroatoms. The molecule has 5 rings (SSSR count). The highest BCUT2D eigenvalue weighted by Crippen LogP contribution is 2.38. The molecule has 2 aromatic carbocycles. The number of fused-ring (bicyclic) bond motifs is 1. The molecule has 0 saturated carbocycles. The average molecular weight is 452 g/mol. The van der Waals surface area contributed by atoms with Crippen LogP contribution in [0.25, 0.3) is 20.8 Å². The first-order chi connectivity index (χ1) is 15.2. The Morgan fingerprint density at radius 1 is 1.10 bits per heavy atom. The van der Waals surface area contributed by atoms with E-state index in [2.05, 4.69) is 11.1 Å². The minimum atomic E-state index is -0.0373. The zero-order valence-corrected chi connectivity index (χ0v) is 18.8. The number of nitrogens with zero attached hydrogens (tertiary/aromatic N) is 3. The highest BCUT2D eigenvalue weighted by molar-refractivity contribution is 7.18. The Hall–Kier alpha value is -2.97. The van der Waals surface area contributed by atoms with Gasteiger partial charge in [0, 0.05) is 17.5 Å². The lowest BCUT2D eigenvalue weighted by molar-refractivity contribution is 0.0730. The fourth-order valence-corrected chi connectivity index (χ4v) is 5.83. The van der Waals surface area contributed by atoms with Crippen LogP contribution < -0.4 is 9.47 Å². The van der Waals surface area contributed by atoms with E-state index >= 15 is 0 Å². The molecule has 0 unspecified atom stereocenters. The Balaban J connectivity index is 1.41. The van der Waals surface area contributed by atoms with Gasteiger partial charge in [-0.3, -0.25) is 4.79 Å². The summed E-state index contributed by atoms with van der Waals surface area (Å²) >= 11 is 3.13. The van der Waals surface area contributed by atoms with E-state index in [0.29, 0.717) is 17.2 Å². The third kappa shape index (κ3) is 3.66. The van der Waals surface area contributed by atoms with Gasteiger partial charge in [0.15, 0.2) is 11.5 Å². The maximum Gasteiger partial charge on any atom is 0.273 e. The van der Waals surface area contributed by atoms with Crippen molar-refractivity contribution in [2.24, 2.45) is 0 Å². The van der Waals surface area contributed by atoms with Crippen molar-refractivity contribution in [2.75, 3.05) is 20.8 Å². The number of amides is 1. The van der Waals surface area contributed by atoms with Crippen molar-refractivity contribution in [3.8, 4) is 22.1 Å². The van der Waals surface area contributed by atoms with Gasteiger partial charge in [-0.05, 0) is 43.2 Å². The standard InChI is InChI=1S/C23H21N3O3S2/c1-28-18-10-9-14(12-19(18)29-2)21-25-16(13-30-21)23(27)26-11-5-7-17(26)22-24-15-6-3-4-8-20(15)31-22/h3-4,6,8-10,12-13,17H,5,7,11H2,1-2H3/t17-/m0/s1. The normalized spacial score (nSPS) is 16.1. The first kappa shape index (κ1) is 20.0. The van der Waals surface area contributed by atoms with Gasteiger partial charge in [0.25, 0.3) is 5.91 Å². The van der Waals surface area contributed by atoms with Crippen LogP contribution in [0.1, 0.15) is 34.4 Å². The van der Waals surface area contributed by atoms with Crippen molar-refractivity contribution in [3.05, 3.63) is 58.5 Å². The van der Waals surface area contributed by atoms with E-state index in [1.54, 1.807) is 25.6 Å². The van der Waals surface area contributed by atoms with E-state index in [1.807, 2.05) is 46.7 Å². The number of aromatic nitrogens is 2. The number of ether oxygens (including phenoxy) is 2. The second-order valence-electron chi connectivity index (χ2n) is 7.28. The lowest BCUT2D eigenvalue weighted by atomic mass is 10.2. The number of para-hydroxylation sites is 1. The molecule has 1 aliphatic rings. The summed E-state index contributed by atoms with van der Waals surface area (Å²) in [6.07, 6.45) is 1.90. The molecule has 4 aromatic rings. The van der Waals surface area contributed by atoms with Crippen LogP contribution >= 0.6 is 22.7 Å². The number of rotatable bonds is 5. The number of thiazole rings is 2. The van der Waals surface area contributed by atoms with Crippen molar-refractivity contribution in [1.29, 1.82) is 0 Å². The Morgan fingerprint density at radius 3 is 2.74 bits per heavy atom. The zero-order valence-electron chi connectivity index (χ0n) is 17.2. The number of methoxy groups -OCH3 is 2. The topological polar surface area (TPSA) is 64.5 Å². The molecular formula is C23H21N3O3S2. The van der Waals surface area contributed by atoms with Gasteiger partial charge < -0.3 is 14.4 Å². The van der Waals surface area contributed by atoms with Gasteiger partial charge in [0.2, 0.25) is 0 Å². The van der Waals surface area contributed by atoms with Crippen molar-refractivity contribution in [3.63, 3.8) is 0 Å². The molecule has 1 saturated heterocycles. The molecule has 1 aliphatic heterocycles. The summed E-state index contributed by atoms with van der Waals surface area (Å²) in [6.45, 7) is 0.725. The smallest absolute Gasteiger partial charge is 0.273 e. The maximum absolute atomic E-state index is 13.3. The van der Waals surface area contributed by atoms with Crippen LogP contribution in [0.3, 0.4) is 0 Å². The van der Waals surface area contributed by atoms with Crippen LogP contribution in [0.15, 0.2) is 47.8 Å². The number of likely N-dealkylation sites (tertiary alicyclic amines) is 1. The number of hydrogen-bond acceptors (Lipinski definition) is 7. The van der Waals surface area contributed by atoms with Crippen molar-refractivity contribution >= 4 is 38.8 Å². The summed E-state index contributed by atoms with van der Waals surface area (Å²) in [7, 11) is 3.21. The number of benzene rings is 2. The van der Waals surface area contributed by atoms with Crippen molar-refractivity contribution in [1.82, 2.24) is 14.9 Å². The van der Waals surface area contributed by atoms with Gasteiger partial charge in [-0.2, -0.15) is 0 Å². The highest BCUT2D eigenvalue weighted by Gasteiger charge is 2.33. The van der Waals surface area contributed by atoms with E-state index in [0.717, 1.165) is 45.2 Å². The Morgan fingerprint density at radius 2 is 1.94 bits per heavy atom. The molecule has 0 radical (unpaired) electrons. The van der Waals surface area contributed by atoms with Crippen LogP contribution in [-0.2, 0) is 0 Å². The molecule has 1 atom stereocenters. The van der Waals surface area contributed by atoms with E-state index in [9.17, 15) is 4.79 Å². The molecule has 0 N–H and O–H groups in total. The number of carbonyl (C=O) groups excluding carboxylic acids is 1. The fourth-order valence-electron chi connectivity index (χ4n) is 3.92. The maximum atomic E-state index is 13.3. The molecule has 3 heterocycles. The summed E-state index contributed by atoms with van der Waals surface area (Å²) in [5, 5.41) is 3.62. The third-order valence-electron chi connectivity index (χ3n) is 5.46. The Bertz CT molecular complexity index is 1220. The molecule has 158 valence electrons. The van der Waals surface area contributed by atoms with Crippen LogP contribution in [0.2, 0.25) is 0 Å². The third-order valence-corrected chi connectivity index (χ3v) is 7.49. The van der Waals surface area contributed by atoms with Crippen LogP contribution in [-0.4, -0.2) is 41.5 Å². The molecular weight excluding hydrogens is 430 g/mol. The van der Waals surface area contributed by atoms with Gasteiger partial charge in [-0.1, -0.05) is 12.1 Å². The minimum Gasteiger partial charge on any atom is -0.493 e. The van der Waals surface area contributed by atoms with Gasteiger partial charge in [-0.25, -0.2) is 9.97 Å². The van der Waals surface area contributed by atoms with E-state index in [1.165, 1.54) is 11.3 Å². The van der Waals surface area contributed by atoms with Gasteiger partial charge >= 0.3 is 0 Å². The summed E-state index contributed by atoms with van der Waals surface area (Å²) < 4.78 is 11.9. The molecule has 1 fully saturated rings. The summed E-state index contributed by atoms with van der Waals surface area (Å²) in [5.74, 6) is 1.26. The SMILES string of the molecule is COc1ccc(-c2nc(C(=O)N3CCC[C@H]3c3nc4ccccc4s3)cs2)cc1OC. The average Bonchev–Trinajstić information content (AvgIpc) is 3.56. The minimum absolute atomic E-state index is 0.0103. The molecule has 1 amide bonds. The summed E-state index contributed by atoms with van der Waals surface area (Å²) in [5.41, 5.74) is 2.36. The lowest BCUT2D eigenvalue weighted by Gasteiger charge is -2.22. The molecule has 6 nitrogen and oxygen atoms in total. The summed E-state index contributed by atoms with van der Waals surface area (Å²) in [6, 6.07) is 13.8. The molecule has 0 spiro atoms.